The summed E-state index contributed by atoms with van der Waals surface area (Å²) in [6.45, 7) is 6.44. The Morgan fingerprint density at radius 3 is 2.92 bits per heavy atom. The molecule has 1 fully saturated rings. The van der Waals surface area contributed by atoms with Crippen molar-refractivity contribution in [1.29, 1.82) is 0 Å². The molecule has 1 unspecified atom stereocenters. The first-order valence-electron chi connectivity index (χ1n) is 4.21. The predicted molar refractivity (Wildman–Crippen MR) is 45.9 cm³/mol. The average Bonchev–Trinajstić information content (AvgIpc) is 2.06. The Labute approximate surface area is 73.3 Å². The summed E-state index contributed by atoms with van der Waals surface area (Å²) in [5, 5.41) is 0. The molecule has 1 heterocycles. The molecule has 1 aliphatic rings. The van der Waals surface area contributed by atoms with Gasteiger partial charge in [-0.3, -0.25) is 0 Å². The van der Waals surface area contributed by atoms with E-state index in [9.17, 15) is 0 Å². The third-order valence-corrected chi connectivity index (χ3v) is 1.71. The fourth-order valence-corrected chi connectivity index (χ4v) is 1.08. The average molecular weight is 172 g/mol. The van der Waals surface area contributed by atoms with Crippen molar-refractivity contribution in [1.82, 2.24) is 0 Å². The van der Waals surface area contributed by atoms with Gasteiger partial charge in [0, 0.05) is 0 Å². The van der Waals surface area contributed by atoms with Gasteiger partial charge in [0.05, 0.1) is 26.1 Å². The van der Waals surface area contributed by atoms with Gasteiger partial charge in [-0.2, -0.15) is 0 Å². The van der Waals surface area contributed by atoms with Crippen LogP contribution in [0.3, 0.4) is 0 Å². The second-order valence-electron chi connectivity index (χ2n) is 3.13. The second kappa shape index (κ2) is 4.48. The van der Waals surface area contributed by atoms with Crippen molar-refractivity contribution in [2.75, 3.05) is 26.4 Å². The molecule has 0 bridgehead atoms. The van der Waals surface area contributed by atoms with E-state index in [4.69, 9.17) is 14.2 Å². The third kappa shape index (κ3) is 2.83. The molecule has 1 aliphatic heterocycles. The number of ether oxygens (including phenoxy) is 3. The molecule has 0 aromatic carbocycles. The zero-order valence-electron chi connectivity index (χ0n) is 7.71. The lowest BCUT2D eigenvalue weighted by atomic mass is 10.1. The van der Waals surface area contributed by atoms with Crippen molar-refractivity contribution in [3.05, 3.63) is 12.3 Å². The van der Waals surface area contributed by atoms with Crippen molar-refractivity contribution in [3.8, 4) is 0 Å². The van der Waals surface area contributed by atoms with Gasteiger partial charge in [0.25, 0.3) is 0 Å². The van der Waals surface area contributed by atoms with E-state index < -0.39 is 0 Å². The quantitative estimate of drug-likeness (QED) is 0.601. The lowest BCUT2D eigenvalue weighted by Crippen LogP contribution is -2.43. The van der Waals surface area contributed by atoms with Gasteiger partial charge in [-0.15, -0.1) is 0 Å². The van der Waals surface area contributed by atoms with Crippen LogP contribution in [0.5, 0.6) is 0 Å². The van der Waals surface area contributed by atoms with E-state index in [0.29, 0.717) is 26.4 Å². The van der Waals surface area contributed by atoms with Crippen LogP contribution < -0.4 is 0 Å². The Bertz CT molecular complexity index is 148. The first-order chi connectivity index (χ1) is 5.77. The molecule has 1 saturated heterocycles. The van der Waals surface area contributed by atoms with Crippen LogP contribution in [0.25, 0.3) is 0 Å². The number of hydrogen-bond acceptors (Lipinski definition) is 3. The van der Waals surface area contributed by atoms with Crippen molar-refractivity contribution in [3.63, 3.8) is 0 Å². The standard InChI is InChI=1S/C9H16O3/c1-3-4-10-7-9(2)8-11-5-6-12-9/h3-4H,5-8H2,1-2H3/b4-3+. The van der Waals surface area contributed by atoms with Crippen LogP contribution >= 0.6 is 0 Å². The van der Waals surface area contributed by atoms with E-state index in [1.54, 1.807) is 6.26 Å². The Kier molecular flexibility index (Phi) is 3.56. The highest BCUT2D eigenvalue weighted by atomic mass is 16.6. The molecule has 1 rings (SSSR count). The minimum absolute atomic E-state index is 0.266. The molecular formula is C9H16O3. The van der Waals surface area contributed by atoms with Gasteiger partial charge in [-0.25, -0.2) is 0 Å². The van der Waals surface area contributed by atoms with Crippen molar-refractivity contribution >= 4 is 0 Å². The number of hydrogen-bond donors (Lipinski definition) is 0. The van der Waals surface area contributed by atoms with Gasteiger partial charge in [0.1, 0.15) is 12.2 Å². The lowest BCUT2D eigenvalue weighted by Gasteiger charge is -2.32. The fraction of sp³-hybridized carbons (Fsp3) is 0.778. The Morgan fingerprint density at radius 2 is 2.33 bits per heavy atom. The van der Waals surface area contributed by atoms with Gasteiger partial charge in [-0.1, -0.05) is 6.08 Å². The van der Waals surface area contributed by atoms with Gasteiger partial charge < -0.3 is 14.2 Å². The molecule has 70 valence electrons. The SMILES string of the molecule is C/C=C/OCC1(C)COCCO1. The molecule has 3 heteroatoms. The van der Waals surface area contributed by atoms with E-state index in [1.165, 1.54) is 0 Å². The van der Waals surface area contributed by atoms with Crippen LogP contribution in [0.2, 0.25) is 0 Å². The van der Waals surface area contributed by atoms with Crippen LogP contribution in [0.15, 0.2) is 12.3 Å². The van der Waals surface area contributed by atoms with Crippen LogP contribution in [-0.2, 0) is 14.2 Å². The Balaban J connectivity index is 2.26. The van der Waals surface area contributed by atoms with Gasteiger partial charge in [0.15, 0.2) is 0 Å². The smallest absolute Gasteiger partial charge is 0.122 e. The zero-order chi connectivity index (χ0) is 8.86. The lowest BCUT2D eigenvalue weighted by molar-refractivity contribution is -0.166. The molecule has 12 heavy (non-hydrogen) atoms. The first-order valence-corrected chi connectivity index (χ1v) is 4.21. The maximum Gasteiger partial charge on any atom is 0.122 e. The van der Waals surface area contributed by atoms with E-state index in [1.807, 2.05) is 19.9 Å². The fourth-order valence-electron chi connectivity index (χ4n) is 1.08. The van der Waals surface area contributed by atoms with E-state index in [-0.39, 0.29) is 5.60 Å². The summed E-state index contributed by atoms with van der Waals surface area (Å²) in [7, 11) is 0. The first kappa shape index (κ1) is 9.55. The van der Waals surface area contributed by atoms with Crippen LogP contribution in [0.1, 0.15) is 13.8 Å². The monoisotopic (exact) mass is 172 g/mol. The summed E-state index contributed by atoms with van der Waals surface area (Å²) in [5.41, 5.74) is -0.266. The molecule has 0 N–H and O–H groups in total. The third-order valence-electron chi connectivity index (χ3n) is 1.71. The van der Waals surface area contributed by atoms with Gasteiger partial charge in [0.2, 0.25) is 0 Å². The highest BCUT2D eigenvalue weighted by Crippen LogP contribution is 2.15. The summed E-state index contributed by atoms with van der Waals surface area (Å²) in [6.07, 6.45) is 3.52. The molecule has 0 aromatic heterocycles. The van der Waals surface area contributed by atoms with E-state index in [0.717, 1.165) is 0 Å². The summed E-state index contributed by atoms with van der Waals surface area (Å²) in [5.74, 6) is 0. The molecule has 0 aromatic rings. The minimum Gasteiger partial charge on any atom is -0.498 e. The molecule has 0 spiro atoms. The number of allylic oxidation sites excluding steroid dienone is 1. The second-order valence-corrected chi connectivity index (χ2v) is 3.13. The maximum atomic E-state index is 5.53. The molecule has 3 nitrogen and oxygen atoms in total. The zero-order valence-corrected chi connectivity index (χ0v) is 7.71. The topological polar surface area (TPSA) is 27.7 Å². The van der Waals surface area contributed by atoms with Gasteiger partial charge >= 0.3 is 0 Å². The molecule has 1 atom stereocenters. The maximum absolute atomic E-state index is 5.53. The summed E-state index contributed by atoms with van der Waals surface area (Å²) >= 11 is 0. The highest BCUT2D eigenvalue weighted by Gasteiger charge is 2.29. The Morgan fingerprint density at radius 1 is 1.50 bits per heavy atom. The van der Waals surface area contributed by atoms with Crippen LogP contribution in [0.4, 0.5) is 0 Å². The Hall–Kier alpha value is -0.540. The molecule has 0 radical (unpaired) electrons. The van der Waals surface area contributed by atoms with Crippen LogP contribution in [0, 0.1) is 0 Å². The van der Waals surface area contributed by atoms with E-state index >= 15 is 0 Å². The normalized spacial score (nSPS) is 30.8. The molecular weight excluding hydrogens is 156 g/mol. The molecule has 0 aliphatic carbocycles. The van der Waals surface area contributed by atoms with Crippen molar-refractivity contribution in [2.24, 2.45) is 0 Å². The highest BCUT2D eigenvalue weighted by molar-refractivity contribution is 4.78. The summed E-state index contributed by atoms with van der Waals surface area (Å²) in [6, 6.07) is 0. The molecule has 0 amide bonds. The number of rotatable bonds is 3. The minimum atomic E-state index is -0.266. The van der Waals surface area contributed by atoms with Crippen molar-refractivity contribution < 1.29 is 14.2 Å². The summed E-state index contributed by atoms with van der Waals surface area (Å²) in [4.78, 5) is 0. The van der Waals surface area contributed by atoms with Crippen molar-refractivity contribution in [2.45, 2.75) is 19.4 Å². The largest absolute Gasteiger partial charge is 0.498 e. The van der Waals surface area contributed by atoms with Gasteiger partial charge in [-0.05, 0) is 13.8 Å². The van der Waals surface area contributed by atoms with Crippen LogP contribution in [-0.4, -0.2) is 32.0 Å². The molecule has 0 saturated carbocycles. The predicted octanol–water partition coefficient (Wildman–Crippen LogP) is 1.34. The van der Waals surface area contributed by atoms with E-state index in [2.05, 4.69) is 0 Å². The summed E-state index contributed by atoms with van der Waals surface area (Å²) < 4.78 is 16.1.